The largest absolute Gasteiger partial charge is 0.307 e. The molecule has 0 amide bonds. The maximum Gasteiger partial charge on any atom is 0.273 e. The van der Waals surface area contributed by atoms with Crippen LogP contribution in [0.4, 0.5) is 20.3 Å². The van der Waals surface area contributed by atoms with Crippen molar-refractivity contribution in [2.75, 3.05) is 30.5 Å². The molecule has 2 bridgehead atoms. The van der Waals surface area contributed by atoms with Crippen LogP contribution in [0.15, 0.2) is 29.2 Å². The van der Waals surface area contributed by atoms with Gasteiger partial charge in [0.1, 0.15) is 5.82 Å². The molecule has 0 unspecified atom stereocenters. The van der Waals surface area contributed by atoms with Crippen molar-refractivity contribution < 1.29 is 8.78 Å². The van der Waals surface area contributed by atoms with Crippen LogP contribution in [0.25, 0.3) is 10.9 Å². The molecule has 1 aliphatic carbocycles. The second-order valence-electron chi connectivity index (χ2n) is 9.60. The van der Waals surface area contributed by atoms with E-state index in [9.17, 15) is 13.6 Å². The van der Waals surface area contributed by atoms with Crippen LogP contribution in [0.2, 0.25) is 0 Å². The summed E-state index contributed by atoms with van der Waals surface area (Å²) in [4.78, 5) is 24.8. The molecule has 7 nitrogen and oxygen atoms in total. The normalized spacial score (nSPS) is 24.9. The zero-order valence-corrected chi connectivity index (χ0v) is 18.7. The molecule has 0 atom stereocenters. The second-order valence-corrected chi connectivity index (χ2v) is 9.60. The minimum Gasteiger partial charge on any atom is -0.307 e. The van der Waals surface area contributed by atoms with Gasteiger partial charge in [-0.1, -0.05) is 12.1 Å². The van der Waals surface area contributed by atoms with Gasteiger partial charge in [0.05, 0.1) is 22.1 Å². The van der Waals surface area contributed by atoms with Gasteiger partial charge in [0.15, 0.2) is 5.82 Å². The monoisotopic (exact) mass is 452 g/mol. The fourth-order valence-corrected chi connectivity index (χ4v) is 5.78. The number of piperidine rings is 1. The Kier molecular flexibility index (Phi) is 4.33. The summed E-state index contributed by atoms with van der Waals surface area (Å²) >= 11 is 0. The molecule has 2 aliphatic heterocycles. The van der Waals surface area contributed by atoms with Gasteiger partial charge in [-0.3, -0.25) is 15.6 Å². The average Bonchev–Trinajstić information content (AvgIpc) is 3.49. The topological polar surface area (TPSA) is 75.1 Å². The summed E-state index contributed by atoms with van der Waals surface area (Å²) in [6.45, 7) is 6.49. The van der Waals surface area contributed by atoms with E-state index in [4.69, 9.17) is 0 Å². The van der Waals surface area contributed by atoms with Crippen molar-refractivity contribution >= 4 is 22.4 Å². The molecular formula is C24H26F2N6O. The number of fused-ring (bicyclic) bond motifs is 4. The van der Waals surface area contributed by atoms with Crippen LogP contribution in [0.3, 0.4) is 0 Å². The molecular weight excluding hydrogens is 426 g/mol. The van der Waals surface area contributed by atoms with Crippen molar-refractivity contribution in [1.82, 2.24) is 19.4 Å². The Balaban J connectivity index is 1.42. The van der Waals surface area contributed by atoms with Gasteiger partial charge in [0, 0.05) is 43.4 Å². The number of aromatic nitrogens is 3. The Bertz CT molecular complexity index is 1340. The molecule has 2 N–H and O–H groups in total. The standard InChI is InChI=1S/C24H26F2N6O/c1-14-20-17(12-32(22(14)33)23-8-10-31(13-23)11-9-23)21(28-15(2)27-20)30-29-19-5-3-4-18-16(19)6-7-24(18,25)26/h3-5,12,29H,6-11,13H2,1-2H3,(H,27,28,30). The van der Waals surface area contributed by atoms with Gasteiger partial charge in [-0.15, -0.1) is 0 Å². The van der Waals surface area contributed by atoms with Crippen molar-refractivity contribution in [3.05, 3.63) is 57.3 Å². The third-order valence-corrected chi connectivity index (χ3v) is 7.60. The molecule has 9 heteroatoms. The Hall–Kier alpha value is -3.07. The number of hydrogen-bond acceptors (Lipinski definition) is 6. The Morgan fingerprint density at radius 3 is 2.58 bits per heavy atom. The predicted molar refractivity (Wildman–Crippen MR) is 123 cm³/mol. The van der Waals surface area contributed by atoms with Crippen molar-refractivity contribution in [1.29, 1.82) is 0 Å². The number of halogens is 2. The smallest absolute Gasteiger partial charge is 0.273 e. The Morgan fingerprint density at radius 1 is 1.06 bits per heavy atom. The number of hydrogen-bond donors (Lipinski definition) is 2. The first kappa shape index (κ1) is 20.5. The molecule has 3 aliphatic rings. The summed E-state index contributed by atoms with van der Waals surface area (Å²) in [7, 11) is 0. The van der Waals surface area contributed by atoms with Crippen LogP contribution in [0.1, 0.15) is 41.8 Å². The van der Waals surface area contributed by atoms with Gasteiger partial charge in [0.25, 0.3) is 11.5 Å². The molecule has 0 saturated carbocycles. The van der Waals surface area contributed by atoms with Crippen molar-refractivity contribution in [3.63, 3.8) is 0 Å². The zero-order valence-electron chi connectivity index (χ0n) is 18.7. The van der Waals surface area contributed by atoms with Gasteiger partial charge < -0.3 is 9.47 Å². The zero-order chi connectivity index (χ0) is 23.0. The van der Waals surface area contributed by atoms with Crippen LogP contribution in [0, 0.1) is 13.8 Å². The van der Waals surface area contributed by atoms with Crippen LogP contribution in [-0.4, -0.2) is 39.1 Å². The quantitative estimate of drug-likeness (QED) is 0.588. The highest BCUT2D eigenvalue weighted by Gasteiger charge is 2.46. The van der Waals surface area contributed by atoms with Gasteiger partial charge in [-0.25, -0.2) is 18.7 Å². The number of rotatable bonds is 4. The maximum atomic E-state index is 14.2. The lowest BCUT2D eigenvalue weighted by Gasteiger charge is -2.29. The summed E-state index contributed by atoms with van der Waals surface area (Å²) in [6.07, 6.45) is 3.92. The molecule has 2 aromatic heterocycles. The number of hydrazine groups is 1. The van der Waals surface area contributed by atoms with E-state index in [1.807, 2.05) is 17.7 Å². The van der Waals surface area contributed by atoms with E-state index in [1.54, 1.807) is 19.1 Å². The minimum atomic E-state index is -2.80. The SMILES string of the molecule is Cc1nc(NNc2cccc3c2CCC3(F)F)c2cn(C34CCN(CC3)C4)c(=O)c(C)c2n1. The number of pyridine rings is 1. The van der Waals surface area contributed by atoms with E-state index in [0.29, 0.717) is 40.4 Å². The lowest BCUT2D eigenvalue weighted by molar-refractivity contribution is -0.00183. The van der Waals surface area contributed by atoms with E-state index in [-0.39, 0.29) is 23.1 Å². The second kappa shape index (κ2) is 6.96. The molecule has 172 valence electrons. The van der Waals surface area contributed by atoms with Crippen LogP contribution >= 0.6 is 0 Å². The number of anilines is 2. The fourth-order valence-electron chi connectivity index (χ4n) is 5.78. The van der Waals surface area contributed by atoms with Crippen molar-refractivity contribution in [2.45, 2.75) is 51.0 Å². The molecule has 6 rings (SSSR count). The first-order valence-electron chi connectivity index (χ1n) is 11.4. The number of benzene rings is 1. The van der Waals surface area contributed by atoms with E-state index >= 15 is 0 Å². The van der Waals surface area contributed by atoms with Gasteiger partial charge in [-0.05, 0) is 44.7 Å². The highest BCUT2D eigenvalue weighted by Crippen LogP contribution is 2.44. The van der Waals surface area contributed by atoms with Crippen LogP contribution in [0.5, 0.6) is 0 Å². The highest BCUT2D eigenvalue weighted by atomic mass is 19.3. The number of nitrogens with one attached hydrogen (secondary N) is 2. The summed E-state index contributed by atoms with van der Waals surface area (Å²) in [5, 5.41) is 0.739. The van der Waals surface area contributed by atoms with Crippen molar-refractivity contribution in [3.8, 4) is 0 Å². The number of aryl methyl sites for hydroxylation is 2. The number of alkyl halides is 2. The third kappa shape index (κ3) is 3.05. The molecule has 33 heavy (non-hydrogen) atoms. The van der Waals surface area contributed by atoms with Gasteiger partial charge in [-0.2, -0.15) is 0 Å². The lowest BCUT2D eigenvalue weighted by atomic mass is 9.94. The summed E-state index contributed by atoms with van der Waals surface area (Å²) < 4.78 is 30.3. The predicted octanol–water partition coefficient (Wildman–Crippen LogP) is 3.69. The Labute approximate surface area is 189 Å². The first-order chi connectivity index (χ1) is 15.8. The van der Waals surface area contributed by atoms with E-state index in [2.05, 4.69) is 25.7 Å². The Morgan fingerprint density at radius 2 is 1.85 bits per heavy atom. The lowest BCUT2D eigenvalue weighted by Crippen LogP contribution is -2.41. The molecule has 0 radical (unpaired) electrons. The third-order valence-electron chi connectivity index (χ3n) is 7.60. The first-order valence-corrected chi connectivity index (χ1v) is 11.4. The van der Waals surface area contributed by atoms with E-state index in [1.165, 1.54) is 6.07 Å². The molecule has 0 spiro atoms. The molecule has 4 heterocycles. The highest BCUT2D eigenvalue weighted by molar-refractivity contribution is 5.91. The molecule has 1 aromatic carbocycles. The van der Waals surface area contributed by atoms with Crippen LogP contribution in [-0.2, 0) is 17.9 Å². The van der Waals surface area contributed by atoms with Gasteiger partial charge in [0.2, 0.25) is 0 Å². The minimum absolute atomic E-state index is 0.00799. The number of nitrogens with zero attached hydrogens (tertiary/aromatic N) is 4. The van der Waals surface area contributed by atoms with E-state index < -0.39 is 5.92 Å². The molecule has 2 saturated heterocycles. The summed E-state index contributed by atoms with van der Waals surface area (Å²) in [5.74, 6) is -1.74. The van der Waals surface area contributed by atoms with Gasteiger partial charge >= 0.3 is 0 Å². The van der Waals surface area contributed by atoms with Crippen LogP contribution < -0.4 is 16.4 Å². The summed E-state index contributed by atoms with van der Waals surface area (Å²) in [6, 6.07) is 4.92. The summed E-state index contributed by atoms with van der Waals surface area (Å²) in [5.41, 5.74) is 8.57. The fraction of sp³-hybridized carbons (Fsp3) is 0.458. The molecule has 2 fully saturated rings. The van der Waals surface area contributed by atoms with Crippen molar-refractivity contribution in [2.24, 2.45) is 0 Å². The molecule has 3 aromatic rings. The van der Waals surface area contributed by atoms with E-state index in [0.717, 1.165) is 37.9 Å². The average molecular weight is 453 g/mol. The maximum absolute atomic E-state index is 14.2.